The standard InChI is InChI=1S/C22H23N5O2S/c1-15-9-11-20(12-10-15)30(28,29)26(14-19-8-6-5-7-16(19)2)22-24-21-23-17(3)13-18(4)27(21)25-22/h5-13H,14H2,1-4H3. The van der Waals surface area contributed by atoms with Crippen LogP contribution in [0.25, 0.3) is 5.78 Å². The maximum atomic E-state index is 13.6. The first-order valence-electron chi connectivity index (χ1n) is 9.60. The number of benzene rings is 2. The van der Waals surface area contributed by atoms with E-state index < -0.39 is 10.0 Å². The molecule has 4 aromatic rings. The van der Waals surface area contributed by atoms with E-state index >= 15 is 0 Å². The third-order valence-electron chi connectivity index (χ3n) is 5.01. The first-order valence-corrected chi connectivity index (χ1v) is 11.0. The Balaban J connectivity index is 1.88. The highest BCUT2D eigenvalue weighted by Gasteiger charge is 2.29. The molecule has 0 saturated heterocycles. The molecule has 154 valence electrons. The van der Waals surface area contributed by atoms with E-state index in [2.05, 4.69) is 15.1 Å². The Hall–Kier alpha value is -3.26. The molecule has 0 aliphatic carbocycles. The van der Waals surface area contributed by atoms with Gasteiger partial charge in [-0.3, -0.25) is 0 Å². The van der Waals surface area contributed by atoms with Gasteiger partial charge >= 0.3 is 0 Å². The molecule has 2 aromatic carbocycles. The summed E-state index contributed by atoms with van der Waals surface area (Å²) in [5, 5.41) is 4.48. The van der Waals surface area contributed by atoms with E-state index in [1.165, 1.54) is 4.31 Å². The third-order valence-corrected chi connectivity index (χ3v) is 6.75. The predicted octanol–water partition coefficient (Wildman–Crippen LogP) is 3.75. The zero-order chi connectivity index (χ0) is 21.5. The number of hydrogen-bond acceptors (Lipinski definition) is 5. The smallest absolute Gasteiger partial charge is 0.228 e. The van der Waals surface area contributed by atoms with Crippen molar-refractivity contribution in [2.45, 2.75) is 39.1 Å². The van der Waals surface area contributed by atoms with Gasteiger partial charge < -0.3 is 0 Å². The minimum absolute atomic E-state index is 0.0972. The number of fused-ring (bicyclic) bond motifs is 1. The molecule has 0 atom stereocenters. The van der Waals surface area contributed by atoms with Gasteiger partial charge in [-0.25, -0.2) is 17.7 Å². The second-order valence-electron chi connectivity index (χ2n) is 7.41. The molecule has 0 fully saturated rings. The van der Waals surface area contributed by atoms with E-state index in [1.54, 1.807) is 28.8 Å². The van der Waals surface area contributed by atoms with E-state index in [0.29, 0.717) is 5.78 Å². The zero-order valence-electron chi connectivity index (χ0n) is 17.4. The molecule has 2 heterocycles. The number of aromatic nitrogens is 4. The number of anilines is 1. The average Bonchev–Trinajstić information content (AvgIpc) is 3.11. The maximum absolute atomic E-state index is 13.6. The van der Waals surface area contributed by atoms with Gasteiger partial charge in [-0.1, -0.05) is 42.0 Å². The number of aryl methyl sites for hydroxylation is 4. The number of nitrogens with zero attached hydrogens (tertiary/aromatic N) is 5. The van der Waals surface area contributed by atoms with Gasteiger partial charge in [0.05, 0.1) is 11.4 Å². The van der Waals surface area contributed by atoms with Crippen molar-refractivity contribution < 1.29 is 8.42 Å². The summed E-state index contributed by atoms with van der Waals surface area (Å²) >= 11 is 0. The molecule has 0 spiro atoms. The highest BCUT2D eigenvalue weighted by atomic mass is 32.2. The van der Waals surface area contributed by atoms with E-state index in [4.69, 9.17) is 0 Å². The van der Waals surface area contributed by atoms with Crippen molar-refractivity contribution in [3.63, 3.8) is 0 Å². The molecular formula is C22H23N5O2S. The predicted molar refractivity (Wildman–Crippen MR) is 116 cm³/mol. The SMILES string of the molecule is Cc1ccc(S(=O)(=O)N(Cc2ccccc2C)c2nc3nc(C)cc(C)n3n2)cc1. The summed E-state index contributed by atoms with van der Waals surface area (Å²) in [4.78, 5) is 9.05. The molecule has 0 amide bonds. The molecule has 0 aliphatic heterocycles. The third kappa shape index (κ3) is 3.66. The first kappa shape index (κ1) is 20.0. The normalized spacial score (nSPS) is 11.7. The summed E-state index contributed by atoms with van der Waals surface area (Å²) < 4.78 is 30.0. The van der Waals surface area contributed by atoms with E-state index in [0.717, 1.165) is 28.1 Å². The number of hydrogen-bond donors (Lipinski definition) is 0. The minimum Gasteiger partial charge on any atom is -0.228 e. The molecule has 0 N–H and O–H groups in total. The highest BCUT2D eigenvalue weighted by molar-refractivity contribution is 7.92. The summed E-state index contributed by atoms with van der Waals surface area (Å²) in [6, 6.07) is 16.4. The topological polar surface area (TPSA) is 80.5 Å². The fraction of sp³-hybridized carbons (Fsp3) is 0.227. The van der Waals surface area contributed by atoms with Crippen molar-refractivity contribution in [3.05, 3.63) is 82.7 Å². The minimum atomic E-state index is -3.89. The molecule has 4 rings (SSSR count). The number of rotatable bonds is 5. The van der Waals surface area contributed by atoms with Crippen LogP contribution in [0.3, 0.4) is 0 Å². The van der Waals surface area contributed by atoms with Gasteiger partial charge in [0.1, 0.15) is 0 Å². The Morgan fingerprint density at radius 3 is 2.33 bits per heavy atom. The van der Waals surface area contributed by atoms with Crippen molar-refractivity contribution in [3.8, 4) is 0 Å². The maximum Gasteiger partial charge on any atom is 0.267 e. The van der Waals surface area contributed by atoms with Crippen LogP contribution in [-0.4, -0.2) is 28.0 Å². The fourth-order valence-electron chi connectivity index (χ4n) is 3.30. The van der Waals surface area contributed by atoms with Crippen LogP contribution < -0.4 is 4.31 Å². The lowest BCUT2D eigenvalue weighted by atomic mass is 10.1. The van der Waals surface area contributed by atoms with Gasteiger partial charge in [-0.2, -0.15) is 9.50 Å². The quantitative estimate of drug-likeness (QED) is 0.490. The van der Waals surface area contributed by atoms with Crippen LogP contribution in [0, 0.1) is 27.7 Å². The molecule has 2 aromatic heterocycles. The molecule has 30 heavy (non-hydrogen) atoms. The van der Waals surface area contributed by atoms with Crippen LogP contribution in [0.15, 0.2) is 59.5 Å². The summed E-state index contributed by atoms with van der Waals surface area (Å²) in [6.07, 6.45) is 0. The van der Waals surface area contributed by atoms with Gasteiger partial charge in [-0.15, -0.1) is 5.10 Å². The fourth-order valence-corrected chi connectivity index (χ4v) is 4.64. The molecule has 0 unspecified atom stereocenters. The van der Waals surface area contributed by atoms with Gasteiger partial charge in [0.25, 0.3) is 21.7 Å². The first-order chi connectivity index (χ1) is 14.3. The Kier molecular flexibility index (Phi) is 5.03. The summed E-state index contributed by atoms with van der Waals surface area (Å²) in [6.45, 7) is 7.76. The molecule has 8 heteroatoms. The summed E-state index contributed by atoms with van der Waals surface area (Å²) in [5.74, 6) is 0.469. The molecule has 0 aliphatic rings. The van der Waals surface area contributed by atoms with Gasteiger partial charge in [-0.05, 0) is 57.0 Å². The van der Waals surface area contributed by atoms with Crippen LogP contribution in [0.1, 0.15) is 28.1 Å². The lowest BCUT2D eigenvalue weighted by Gasteiger charge is -2.22. The van der Waals surface area contributed by atoms with Crippen molar-refractivity contribution in [2.75, 3.05) is 4.31 Å². The van der Waals surface area contributed by atoms with Crippen molar-refractivity contribution in [2.24, 2.45) is 0 Å². The van der Waals surface area contributed by atoms with Crippen LogP contribution in [0.4, 0.5) is 5.95 Å². The van der Waals surface area contributed by atoms with Gasteiger partial charge in [0.2, 0.25) is 0 Å². The van der Waals surface area contributed by atoms with E-state index in [-0.39, 0.29) is 17.4 Å². The van der Waals surface area contributed by atoms with Gasteiger partial charge in [0, 0.05) is 11.4 Å². The average molecular weight is 422 g/mol. The molecular weight excluding hydrogens is 398 g/mol. The Morgan fingerprint density at radius 1 is 0.933 bits per heavy atom. The largest absolute Gasteiger partial charge is 0.267 e. The zero-order valence-corrected chi connectivity index (χ0v) is 18.2. The lowest BCUT2D eigenvalue weighted by Crippen LogP contribution is -2.32. The van der Waals surface area contributed by atoms with Gasteiger partial charge in [0.15, 0.2) is 0 Å². The van der Waals surface area contributed by atoms with Crippen LogP contribution in [0.5, 0.6) is 0 Å². The monoisotopic (exact) mass is 421 g/mol. The Bertz CT molecular complexity index is 1330. The van der Waals surface area contributed by atoms with E-state index in [9.17, 15) is 8.42 Å². The summed E-state index contributed by atoms with van der Waals surface area (Å²) in [5.41, 5.74) is 4.50. The second kappa shape index (κ2) is 7.53. The molecule has 7 nitrogen and oxygen atoms in total. The van der Waals surface area contributed by atoms with Crippen molar-refractivity contribution in [1.29, 1.82) is 0 Å². The van der Waals surface area contributed by atoms with Crippen LogP contribution in [-0.2, 0) is 16.6 Å². The lowest BCUT2D eigenvalue weighted by molar-refractivity contribution is 0.589. The molecule has 0 radical (unpaired) electrons. The highest BCUT2D eigenvalue weighted by Crippen LogP contribution is 2.25. The van der Waals surface area contributed by atoms with Crippen LogP contribution in [0.2, 0.25) is 0 Å². The van der Waals surface area contributed by atoms with E-state index in [1.807, 2.05) is 58.0 Å². The van der Waals surface area contributed by atoms with Crippen molar-refractivity contribution in [1.82, 2.24) is 19.6 Å². The molecule has 0 bridgehead atoms. The van der Waals surface area contributed by atoms with Crippen LogP contribution >= 0.6 is 0 Å². The van der Waals surface area contributed by atoms with Crippen molar-refractivity contribution >= 4 is 21.7 Å². The summed E-state index contributed by atoms with van der Waals surface area (Å²) in [7, 11) is -3.89. The Morgan fingerprint density at radius 2 is 1.63 bits per heavy atom. The Labute approximate surface area is 176 Å². The second-order valence-corrected chi connectivity index (χ2v) is 9.28. The molecule has 0 saturated carbocycles. The number of sulfonamides is 1.